The molecule has 1 fully saturated rings. The highest BCUT2D eigenvalue weighted by atomic mass is 35.5. The molecule has 2 atom stereocenters. The number of aromatic nitrogens is 3. The highest BCUT2D eigenvalue weighted by molar-refractivity contribution is 6.30. The van der Waals surface area contributed by atoms with Gasteiger partial charge in [-0.2, -0.15) is 5.10 Å². The molecule has 1 aromatic heterocycles. The van der Waals surface area contributed by atoms with Crippen LogP contribution in [0.5, 0.6) is 0 Å². The summed E-state index contributed by atoms with van der Waals surface area (Å²) in [4.78, 5) is 12.8. The Balaban J connectivity index is 1.72. The lowest BCUT2D eigenvalue weighted by atomic mass is 9.92. The lowest BCUT2D eigenvalue weighted by Crippen LogP contribution is -2.33. The van der Waals surface area contributed by atoms with Gasteiger partial charge in [-0.3, -0.25) is 0 Å². The molecular formula is C18H14ClF2N3O2. The third kappa shape index (κ3) is 2.64. The monoisotopic (exact) mass is 377 g/mol. The van der Waals surface area contributed by atoms with Gasteiger partial charge in [-0.1, -0.05) is 17.7 Å². The summed E-state index contributed by atoms with van der Waals surface area (Å²) in [7, 11) is 0. The molecule has 2 heterocycles. The van der Waals surface area contributed by atoms with E-state index in [1.54, 1.807) is 31.2 Å². The van der Waals surface area contributed by atoms with Gasteiger partial charge < -0.3 is 4.74 Å². The second-order valence-electron chi connectivity index (χ2n) is 6.18. The molecule has 0 N–H and O–H groups in total. The fourth-order valence-corrected chi connectivity index (χ4v) is 3.22. The number of halogens is 3. The zero-order valence-electron chi connectivity index (χ0n) is 13.7. The number of hydrogen-bond acceptors (Lipinski definition) is 3. The Hall–Kier alpha value is -2.51. The van der Waals surface area contributed by atoms with Crippen molar-refractivity contribution >= 4 is 11.6 Å². The average Bonchev–Trinajstić information content (AvgIpc) is 3.32. The van der Waals surface area contributed by atoms with E-state index in [-0.39, 0.29) is 12.2 Å². The molecular weight excluding hydrogens is 364 g/mol. The largest absolute Gasteiger partial charge is 0.362 e. The molecule has 1 aliphatic rings. The minimum absolute atomic E-state index is 0.208. The molecule has 5 nitrogen and oxygen atoms in total. The summed E-state index contributed by atoms with van der Waals surface area (Å²) in [5, 5.41) is 4.71. The van der Waals surface area contributed by atoms with Crippen molar-refractivity contribution in [2.24, 2.45) is 0 Å². The van der Waals surface area contributed by atoms with Gasteiger partial charge in [0.15, 0.2) is 0 Å². The summed E-state index contributed by atoms with van der Waals surface area (Å²) in [6.45, 7) is 1.94. The van der Waals surface area contributed by atoms with Gasteiger partial charge >= 0.3 is 5.69 Å². The van der Waals surface area contributed by atoms with Gasteiger partial charge in [-0.15, -0.1) is 0 Å². The minimum Gasteiger partial charge on any atom is -0.362 e. The van der Waals surface area contributed by atoms with Crippen molar-refractivity contribution in [2.45, 2.75) is 18.6 Å². The summed E-state index contributed by atoms with van der Waals surface area (Å²) in [5.41, 5.74) is -0.617. The minimum atomic E-state index is -1.04. The summed E-state index contributed by atoms with van der Waals surface area (Å²) in [6.07, 6.45) is 1.39. The van der Waals surface area contributed by atoms with Crippen LogP contribution >= 0.6 is 11.6 Å². The topological polar surface area (TPSA) is 52.4 Å². The summed E-state index contributed by atoms with van der Waals surface area (Å²) >= 11 is 5.87. The van der Waals surface area contributed by atoms with Crippen molar-refractivity contribution in [3.63, 3.8) is 0 Å². The Morgan fingerprint density at radius 3 is 2.54 bits per heavy atom. The second kappa shape index (κ2) is 6.03. The number of benzene rings is 2. The Morgan fingerprint density at radius 1 is 1.23 bits per heavy atom. The lowest BCUT2D eigenvalue weighted by Gasteiger charge is -2.20. The van der Waals surface area contributed by atoms with Crippen molar-refractivity contribution in [1.82, 2.24) is 14.3 Å². The van der Waals surface area contributed by atoms with Crippen LogP contribution in [0.3, 0.4) is 0 Å². The van der Waals surface area contributed by atoms with E-state index in [1.807, 2.05) is 0 Å². The number of epoxide rings is 1. The molecule has 4 rings (SSSR count). The van der Waals surface area contributed by atoms with Crippen LogP contribution in [0, 0.1) is 11.6 Å². The van der Waals surface area contributed by atoms with E-state index in [2.05, 4.69) is 5.10 Å². The third-order valence-electron chi connectivity index (χ3n) is 4.68. The van der Waals surface area contributed by atoms with Gasteiger partial charge in [0.1, 0.15) is 23.6 Å². The van der Waals surface area contributed by atoms with Gasteiger partial charge in [0.25, 0.3) is 0 Å². The lowest BCUT2D eigenvalue weighted by molar-refractivity contribution is 0.211. The van der Waals surface area contributed by atoms with Gasteiger partial charge in [-0.05, 0) is 37.3 Å². The van der Waals surface area contributed by atoms with Crippen molar-refractivity contribution in [3.05, 3.63) is 81.5 Å². The van der Waals surface area contributed by atoms with E-state index in [0.29, 0.717) is 10.7 Å². The fourth-order valence-electron chi connectivity index (χ4n) is 3.09. The first-order valence-electron chi connectivity index (χ1n) is 7.94. The summed E-state index contributed by atoms with van der Waals surface area (Å²) in [5.74, 6) is -1.38. The maximum atomic E-state index is 14.2. The predicted octanol–water partition coefficient (Wildman–Crippen LogP) is 3.45. The zero-order valence-corrected chi connectivity index (χ0v) is 14.5. The molecule has 0 spiro atoms. The van der Waals surface area contributed by atoms with Gasteiger partial charge in [0.2, 0.25) is 0 Å². The highest BCUT2D eigenvalue weighted by Crippen LogP contribution is 2.48. The standard InChI is InChI=1S/C18H14ClF2N3O2/c1-11(18(9-26-18)15-7-4-13(20)8-16(15)21)24-17(25)23(10-22-24)14-5-2-12(19)3-6-14/h2-8,10-11H,9H2,1H3/t11-,18+/m1/s1. The van der Waals surface area contributed by atoms with Crippen molar-refractivity contribution in [3.8, 4) is 5.69 Å². The number of nitrogens with zero attached hydrogens (tertiary/aromatic N) is 3. The first kappa shape index (κ1) is 16.9. The van der Waals surface area contributed by atoms with Crippen LogP contribution in [-0.2, 0) is 10.3 Å². The van der Waals surface area contributed by atoms with E-state index in [1.165, 1.54) is 27.7 Å². The molecule has 0 radical (unpaired) electrons. The summed E-state index contributed by atoms with van der Waals surface area (Å²) in [6, 6.07) is 9.47. The highest BCUT2D eigenvalue weighted by Gasteiger charge is 2.54. The molecule has 2 aromatic carbocycles. The molecule has 0 aliphatic carbocycles. The van der Waals surface area contributed by atoms with E-state index in [4.69, 9.17) is 16.3 Å². The van der Waals surface area contributed by atoms with E-state index < -0.39 is 29.0 Å². The molecule has 134 valence electrons. The quantitative estimate of drug-likeness (QED) is 0.654. The Kier molecular flexibility index (Phi) is 3.93. The van der Waals surface area contributed by atoms with Crippen molar-refractivity contribution in [2.75, 3.05) is 6.61 Å². The maximum Gasteiger partial charge on any atom is 0.350 e. The average molecular weight is 378 g/mol. The van der Waals surface area contributed by atoms with E-state index >= 15 is 0 Å². The Morgan fingerprint density at radius 2 is 1.92 bits per heavy atom. The summed E-state index contributed by atoms with van der Waals surface area (Å²) < 4.78 is 35.5. The van der Waals surface area contributed by atoms with Gasteiger partial charge in [0, 0.05) is 16.7 Å². The van der Waals surface area contributed by atoms with Crippen LogP contribution < -0.4 is 5.69 Å². The van der Waals surface area contributed by atoms with Gasteiger partial charge in [0.05, 0.1) is 18.3 Å². The first-order chi connectivity index (χ1) is 12.4. The Labute approximate surface area is 152 Å². The smallest absolute Gasteiger partial charge is 0.350 e. The van der Waals surface area contributed by atoms with Crippen molar-refractivity contribution in [1.29, 1.82) is 0 Å². The number of hydrogen-bond donors (Lipinski definition) is 0. The van der Waals surface area contributed by atoms with Crippen LogP contribution in [0.25, 0.3) is 5.69 Å². The normalized spacial score (nSPS) is 20.2. The van der Waals surface area contributed by atoms with Crippen molar-refractivity contribution < 1.29 is 13.5 Å². The zero-order chi connectivity index (χ0) is 18.5. The van der Waals surface area contributed by atoms with Crippen LogP contribution in [-0.4, -0.2) is 21.0 Å². The third-order valence-corrected chi connectivity index (χ3v) is 4.93. The molecule has 26 heavy (non-hydrogen) atoms. The molecule has 8 heteroatoms. The molecule has 3 aromatic rings. The molecule has 1 saturated heterocycles. The number of ether oxygens (including phenoxy) is 1. The number of rotatable bonds is 4. The van der Waals surface area contributed by atoms with Gasteiger partial charge in [-0.25, -0.2) is 22.8 Å². The van der Waals surface area contributed by atoms with Crippen LogP contribution in [0.2, 0.25) is 5.02 Å². The molecule has 1 aliphatic heterocycles. The first-order valence-corrected chi connectivity index (χ1v) is 8.32. The van der Waals surface area contributed by atoms with E-state index in [9.17, 15) is 13.6 Å². The molecule has 0 unspecified atom stereocenters. The molecule has 0 bridgehead atoms. The second-order valence-corrected chi connectivity index (χ2v) is 6.62. The Bertz CT molecular complexity index is 1030. The SMILES string of the molecule is C[C@@H](n1ncn(-c2ccc(Cl)cc2)c1=O)[C@]1(c2ccc(F)cc2F)CO1. The van der Waals surface area contributed by atoms with Crippen LogP contribution in [0.4, 0.5) is 8.78 Å². The fraction of sp³-hybridized carbons (Fsp3) is 0.222. The maximum absolute atomic E-state index is 14.2. The molecule has 0 saturated carbocycles. The van der Waals surface area contributed by atoms with Crippen LogP contribution in [0.1, 0.15) is 18.5 Å². The van der Waals surface area contributed by atoms with E-state index in [0.717, 1.165) is 6.07 Å². The molecule has 0 amide bonds. The van der Waals surface area contributed by atoms with Crippen LogP contribution in [0.15, 0.2) is 53.6 Å². The predicted molar refractivity (Wildman–Crippen MR) is 91.5 cm³/mol.